The molecule has 0 spiro atoms. The summed E-state index contributed by atoms with van der Waals surface area (Å²) in [5.41, 5.74) is 0.922. The number of rotatable bonds is 10. The fourth-order valence-electron chi connectivity index (χ4n) is 2.41. The van der Waals surface area contributed by atoms with E-state index in [1.54, 1.807) is 42.5 Å². The zero-order chi connectivity index (χ0) is 19.7. The van der Waals surface area contributed by atoms with Gasteiger partial charge in [0, 0.05) is 34.8 Å². The molecule has 0 fully saturated rings. The maximum absolute atomic E-state index is 12.1. The lowest BCUT2D eigenvalue weighted by Crippen LogP contribution is -2.29. The van der Waals surface area contributed by atoms with Crippen LogP contribution in [0.4, 0.5) is 5.69 Å². The lowest BCUT2D eigenvalue weighted by atomic mass is 10.1. The predicted molar refractivity (Wildman–Crippen MR) is 109 cm³/mol. The number of benzene rings is 1. The summed E-state index contributed by atoms with van der Waals surface area (Å²) in [6.45, 7) is 1.64. The largest absolute Gasteiger partial charge is 0.351 e. The fourth-order valence-corrected chi connectivity index (χ4v) is 3.86. The number of thiophene rings is 1. The molecule has 0 atom stereocenters. The van der Waals surface area contributed by atoms with Crippen LogP contribution in [0.5, 0.6) is 0 Å². The summed E-state index contributed by atoms with van der Waals surface area (Å²) in [5.74, 6) is -0.500. The molecule has 1 heterocycles. The molecule has 6 nitrogen and oxygen atoms in total. The molecule has 0 aliphatic carbocycles. The standard InChI is InChI=1S/C19H24N2O4S2/c1-2-27(24,25)13-11-20-19(23)15-6-3-7-16(14-15)21-18(22)10-4-8-17-9-5-12-26-17/h3,5-7,9,12,14H,2,4,8,10-11,13H2,1H3,(H,20,23)(H,21,22). The molecule has 2 N–H and O–H groups in total. The monoisotopic (exact) mass is 408 g/mol. The lowest BCUT2D eigenvalue weighted by molar-refractivity contribution is -0.116. The minimum atomic E-state index is -3.12. The molecule has 0 radical (unpaired) electrons. The third-order valence-electron chi connectivity index (χ3n) is 3.95. The van der Waals surface area contributed by atoms with Crippen molar-refractivity contribution in [2.45, 2.75) is 26.2 Å². The van der Waals surface area contributed by atoms with E-state index >= 15 is 0 Å². The second kappa shape index (κ2) is 10.2. The number of hydrogen-bond donors (Lipinski definition) is 2. The zero-order valence-corrected chi connectivity index (χ0v) is 16.9. The van der Waals surface area contributed by atoms with Gasteiger partial charge in [-0.15, -0.1) is 11.3 Å². The van der Waals surface area contributed by atoms with Crippen LogP contribution in [0.25, 0.3) is 0 Å². The summed E-state index contributed by atoms with van der Waals surface area (Å²) in [5, 5.41) is 7.40. The number of hydrogen-bond acceptors (Lipinski definition) is 5. The van der Waals surface area contributed by atoms with Crippen molar-refractivity contribution in [1.29, 1.82) is 0 Å². The first-order chi connectivity index (χ1) is 12.9. The molecular weight excluding hydrogens is 384 g/mol. The number of anilines is 1. The Balaban J connectivity index is 1.81. The molecule has 27 heavy (non-hydrogen) atoms. The molecular formula is C19H24N2O4S2. The first-order valence-electron chi connectivity index (χ1n) is 8.80. The van der Waals surface area contributed by atoms with E-state index in [2.05, 4.69) is 16.7 Å². The van der Waals surface area contributed by atoms with Gasteiger partial charge >= 0.3 is 0 Å². The molecule has 0 aliphatic rings. The van der Waals surface area contributed by atoms with Gasteiger partial charge in [-0.3, -0.25) is 9.59 Å². The second-order valence-electron chi connectivity index (χ2n) is 6.05. The number of amides is 2. The summed E-state index contributed by atoms with van der Waals surface area (Å²) in [6, 6.07) is 10.6. The van der Waals surface area contributed by atoms with Crippen LogP contribution < -0.4 is 10.6 Å². The third kappa shape index (κ3) is 7.52. The highest BCUT2D eigenvalue weighted by Crippen LogP contribution is 2.14. The van der Waals surface area contributed by atoms with Crippen LogP contribution in [0.1, 0.15) is 35.0 Å². The Labute approximate surface area is 163 Å². The normalized spacial score (nSPS) is 11.1. The van der Waals surface area contributed by atoms with Gasteiger partial charge in [0.2, 0.25) is 5.91 Å². The molecule has 0 unspecified atom stereocenters. The van der Waals surface area contributed by atoms with E-state index in [0.29, 0.717) is 17.7 Å². The number of nitrogens with one attached hydrogen (secondary N) is 2. The molecule has 1 aromatic carbocycles. The van der Waals surface area contributed by atoms with Crippen molar-refractivity contribution >= 4 is 38.7 Å². The summed E-state index contributed by atoms with van der Waals surface area (Å²) >= 11 is 1.68. The topological polar surface area (TPSA) is 92.3 Å². The van der Waals surface area contributed by atoms with Crippen molar-refractivity contribution in [2.75, 3.05) is 23.4 Å². The predicted octanol–water partition coefficient (Wildman–Crippen LogP) is 2.87. The maximum atomic E-state index is 12.1. The smallest absolute Gasteiger partial charge is 0.251 e. The van der Waals surface area contributed by atoms with Crippen molar-refractivity contribution in [2.24, 2.45) is 0 Å². The molecule has 0 aliphatic heterocycles. The van der Waals surface area contributed by atoms with Gasteiger partial charge in [-0.25, -0.2) is 8.42 Å². The van der Waals surface area contributed by atoms with Gasteiger partial charge in [0.1, 0.15) is 0 Å². The van der Waals surface area contributed by atoms with Gasteiger partial charge in [0.05, 0.1) is 5.75 Å². The Morgan fingerprint density at radius 2 is 1.96 bits per heavy atom. The highest BCUT2D eigenvalue weighted by molar-refractivity contribution is 7.91. The van der Waals surface area contributed by atoms with Crippen LogP contribution in [0.2, 0.25) is 0 Å². The summed E-state index contributed by atoms with van der Waals surface area (Å²) < 4.78 is 22.9. The fraction of sp³-hybridized carbons (Fsp3) is 0.368. The highest BCUT2D eigenvalue weighted by Gasteiger charge is 2.11. The van der Waals surface area contributed by atoms with Crippen LogP contribution in [-0.2, 0) is 21.1 Å². The van der Waals surface area contributed by atoms with Crippen LogP contribution in [-0.4, -0.2) is 38.3 Å². The van der Waals surface area contributed by atoms with Crippen LogP contribution in [0.3, 0.4) is 0 Å². The zero-order valence-electron chi connectivity index (χ0n) is 15.2. The van der Waals surface area contributed by atoms with Gasteiger partial charge < -0.3 is 10.6 Å². The molecule has 2 amide bonds. The number of aryl methyl sites for hydroxylation is 1. The summed E-state index contributed by atoms with van der Waals surface area (Å²) in [6.07, 6.45) is 2.04. The Hall–Kier alpha value is -2.19. The average molecular weight is 409 g/mol. The van der Waals surface area contributed by atoms with E-state index in [1.165, 1.54) is 4.88 Å². The van der Waals surface area contributed by atoms with Crippen molar-refractivity contribution in [3.05, 3.63) is 52.2 Å². The minimum Gasteiger partial charge on any atom is -0.351 e. The van der Waals surface area contributed by atoms with Crippen LogP contribution in [0.15, 0.2) is 41.8 Å². The summed E-state index contributed by atoms with van der Waals surface area (Å²) in [4.78, 5) is 25.5. The maximum Gasteiger partial charge on any atom is 0.251 e. The van der Waals surface area contributed by atoms with E-state index in [4.69, 9.17) is 0 Å². The van der Waals surface area contributed by atoms with Crippen molar-refractivity contribution in [1.82, 2.24) is 5.32 Å². The molecule has 2 rings (SSSR count). The molecule has 0 saturated heterocycles. The Morgan fingerprint density at radius 1 is 1.15 bits per heavy atom. The molecule has 0 saturated carbocycles. The Kier molecular flexibility index (Phi) is 7.99. The van der Waals surface area contributed by atoms with E-state index in [0.717, 1.165) is 12.8 Å². The van der Waals surface area contributed by atoms with Gasteiger partial charge in [-0.1, -0.05) is 19.1 Å². The van der Waals surface area contributed by atoms with Crippen molar-refractivity contribution in [3.8, 4) is 0 Å². The number of carbonyl (C=O) groups excluding carboxylic acids is 2. The van der Waals surface area contributed by atoms with Gasteiger partial charge in [-0.05, 0) is 42.5 Å². The average Bonchev–Trinajstić information content (AvgIpc) is 3.15. The molecule has 1 aromatic heterocycles. The van der Waals surface area contributed by atoms with Gasteiger partial charge in [0.15, 0.2) is 9.84 Å². The van der Waals surface area contributed by atoms with Crippen LogP contribution in [0, 0.1) is 0 Å². The number of sulfone groups is 1. The second-order valence-corrected chi connectivity index (χ2v) is 9.56. The van der Waals surface area contributed by atoms with E-state index in [-0.39, 0.29) is 29.9 Å². The van der Waals surface area contributed by atoms with Crippen molar-refractivity contribution in [3.63, 3.8) is 0 Å². The Bertz CT molecular complexity index is 862. The SMILES string of the molecule is CCS(=O)(=O)CCNC(=O)c1cccc(NC(=O)CCCc2cccs2)c1. The van der Waals surface area contributed by atoms with Crippen LogP contribution >= 0.6 is 11.3 Å². The Morgan fingerprint density at radius 3 is 2.67 bits per heavy atom. The number of carbonyl (C=O) groups is 2. The molecule has 8 heteroatoms. The molecule has 0 bridgehead atoms. The lowest BCUT2D eigenvalue weighted by Gasteiger charge is -2.08. The highest BCUT2D eigenvalue weighted by atomic mass is 32.2. The van der Waals surface area contributed by atoms with Gasteiger partial charge in [-0.2, -0.15) is 0 Å². The first-order valence-corrected chi connectivity index (χ1v) is 11.5. The molecule has 146 valence electrons. The van der Waals surface area contributed by atoms with Gasteiger partial charge in [0.25, 0.3) is 5.91 Å². The van der Waals surface area contributed by atoms with E-state index in [1.807, 2.05) is 11.4 Å². The third-order valence-corrected chi connectivity index (χ3v) is 6.60. The van der Waals surface area contributed by atoms with E-state index < -0.39 is 9.84 Å². The van der Waals surface area contributed by atoms with E-state index in [9.17, 15) is 18.0 Å². The molecule has 2 aromatic rings. The quantitative estimate of drug-likeness (QED) is 0.632. The van der Waals surface area contributed by atoms with Crippen molar-refractivity contribution < 1.29 is 18.0 Å². The minimum absolute atomic E-state index is 0.0525. The summed E-state index contributed by atoms with van der Waals surface area (Å²) in [7, 11) is -3.12. The first kappa shape index (κ1) is 21.1.